The Bertz CT molecular complexity index is 1810. The molecule has 98 heavy (non-hydrogen) atoms. The largest absolute Gasteiger partial charge is 0.382 e. The lowest BCUT2D eigenvalue weighted by molar-refractivity contribution is -0.123. The van der Waals surface area contributed by atoms with E-state index in [1.807, 2.05) is 0 Å². The molecule has 1 heterocycles. The van der Waals surface area contributed by atoms with Crippen molar-refractivity contribution in [3.63, 3.8) is 0 Å². The molecule has 574 valence electrons. The van der Waals surface area contributed by atoms with E-state index in [0.717, 1.165) is 19.3 Å². The Morgan fingerprint density at radius 2 is 0.418 bits per heavy atom. The highest BCUT2D eigenvalue weighted by molar-refractivity contribution is 6.00. The minimum Gasteiger partial charge on any atom is -0.382 e. The molecule has 0 aliphatic carbocycles. The van der Waals surface area contributed by atoms with Crippen LogP contribution in [-0.4, -0.2) is 365 Å². The predicted molar refractivity (Wildman–Crippen MR) is 356 cm³/mol. The molecule has 8 N–H and O–H groups in total. The Morgan fingerprint density at radius 1 is 0.245 bits per heavy atom. The highest BCUT2D eigenvalue weighted by Gasteiger charge is 2.20. The molecule has 0 atom stereocenters. The number of carbonyl (C=O) groups is 4. The third kappa shape index (κ3) is 65.0. The van der Waals surface area contributed by atoms with Crippen LogP contribution >= 0.6 is 0 Å². The lowest BCUT2D eigenvalue weighted by Gasteiger charge is -2.11. The fourth-order valence-corrected chi connectivity index (χ4v) is 7.36. The van der Waals surface area contributed by atoms with Crippen molar-refractivity contribution < 1.29 is 128 Å². The molecule has 0 aliphatic heterocycles. The first-order valence-corrected chi connectivity index (χ1v) is 33.9. The van der Waals surface area contributed by atoms with E-state index in [0.29, 0.717) is 277 Å². The minimum atomic E-state index is -0.702. The van der Waals surface area contributed by atoms with Gasteiger partial charge in [0, 0.05) is 66.5 Å². The summed E-state index contributed by atoms with van der Waals surface area (Å²) < 4.78 is 125. The second-order valence-corrected chi connectivity index (χ2v) is 20.3. The molecule has 1 aromatic rings. The van der Waals surface area contributed by atoms with Gasteiger partial charge in [0.25, 0.3) is 11.8 Å². The van der Waals surface area contributed by atoms with E-state index in [2.05, 4.69) is 31.2 Å². The zero-order valence-electron chi connectivity index (χ0n) is 58.5. The summed E-state index contributed by atoms with van der Waals surface area (Å²) in [6.45, 7) is 20.9. The Labute approximate surface area is 579 Å². The van der Waals surface area contributed by atoms with Gasteiger partial charge in [-0.2, -0.15) is 0 Å². The Balaban J connectivity index is 1.85. The number of rotatable bonds is 80. The fraction of sp³-hybridized carbons (Fsp3) is 0.873. The number of nitrogens with one attached hydrogen (secondary N) is 4. The highest BCUT2D eigenvalue weighted by Crippen LogP contribution is 2.13. The van der Waals surface area contributed by atoms with Gasteiger partial charge < -0.3 is 142 Å². The normalized spacial score (nSPS) is 11.4. The van der Waals surface area contributed by atoms with Crippen LogP contribution in [0.1, 0.15) is 53.1 Å². The van der Waals surface area contributed by atoms with Crippen molar-refractivity contribution in [1.29, 1.82) is 0 Å². The number of carbonyl (C=O) groups excluding carboxylic acids is 4. The molecule has 0 saturated carbocycles. The van der Waals surface area contributed by atoms with Crippen LogP contribution in [0.15, 0.2) is 0 Å². The third-order valence-electron chi connectivity index (χ3n) is 12.4. The molecule has 1 rings (SSSR count). The maximum Gasteiger partial charge on any atom is 0.273 e. The van der Waals surface area contributed by atoms with E-state index in [9.17, 15) is 19.2 Å². The number of anilines is 2. The number of methoxy groups -OCH3 is 2. The number of unbranched alkanes of at least 4 members (excludes halogenated alkanes) is 2. The van der Waals surface area contributed by atoms with E-state index in [4.69, 9.17) is 120 Å². The third-order valence-corrected chi connectivity index (χ3v) is 12.4. The molecule has 1 aromatic heterocycles. The van der Waals surface area contributed by atoms with E-state index < -0.39 is 11.8 Å². The van der Waals surface area contributed by atoms with Crippen LogP contribution in [0.3, 0.4) is 0 Å². The number of hydrogen-bond acceptors (Lipinski definition) is 31. The summed E-state index contributed by atoms with van der Waals surface area (Å²) in [5.41, 5.74) is 11.3. The van der Waals surface area contributed by atoms with Crippen molar-refractivity contribution in [2.24, 2.45) is 0 Å². The summed E-state index contributed by atoms with van der Waals surface area (Å²) in [6.07, 6.45) is 3.11. The zero-order chi connectivity index (χ0) is 70.6. The number of aromatic nitrogens is 2. The van der Waals surface area contributed by atoms with Crippen LogP contribution in [0.25, 0.3) is 0 Å². The van der Waals surface area contributed by atoms with Crippen LogP contribution in [0.4, 0.5) is 11.6 Å². The summed E-state index contributed by atoms with van der Waals surface area (Å²) >= 11 is 0. The summed E-state index contributed by atoms with van der Waals surface area (Å²) in [4.78, 5) is 57.9. The first kappa shape index (κ1) is 91.7. The van der Waals surface area contributed by atoms with Crippen molar-refractivity contribution in [1.82, 2.24) is 31.2 Å². The maximum absolute atomic E-state index is 12.8. The molecular formula is C63H120N8O27. The Hall–Kier alpha value is -4.36. The quantitative estimate of drug-likeness (QED) is 0.0423. The van der Waals surface area contributed by atoms with Gasteiger partial charge in [0.15, 0.2) is 23.0 Å². The van der Waals surface area contributed by atoms with E-state index in [1.54, 1.807) is 14.2 Å². The summed E-state index contributed by atoms with van der Waals surface area (Å²) in [7, 11) is 3.27. The van der Waals surface area contributed by atoms with Crippen molar-refractivity contribution >= 4 is 35.3 Å². The number of amides is 4. The standard InChI is InChI=1S/C63H120N8O27/c1-76-16-18-82-28-30-88-38-40-92-44-42-90-36-33-85-25-21-79-13-5-3-4-12-78-20-24-84-32-34-86-26-22-80-14-6-56(72)66-8-10-68-62(74)58-60(64)71-59(61(65)70-58)63(75)69-11-9-67-57(73)7-15-81-23-27-87-35-37-91-43-45-94-48-49-96-52-53-98-55-54-97-51-50-95-47-46-93-41-39-89-31-29-83-19-17-77-2/h3-55H2,1-2H3,(H2,64,71)(H2,65,70)(H,66,72)(H,67,73)(H,68,74)(H,69,75). The van der Waals surface area contributed by atoms with Crippen LogP contribution in [0, 0.1) is 0 Å². The maximum atomic E-state index is 12.8. The number of nitrogen functional groups attached to an aromatic ring is 2. The minimum absolute atomic E-state index is 0.0471. The van der Waals surface area contributed by atoms with Crippen LogP contribution < -0.4 is 32.7 Å². The first-order valence-electron chi connectivity index (χ1n) is 33.9. The van der Waals surface area contributed by atoms with Crippen LogP contribution in [-0.2, 0) is 119 Å². The second kappa shape index (κ2) is 75.3. The van der Waals surface area contributed by atoms with Gasteiger partial charge in [-0.1, -0.05) is 0 Å². The summed E-state index contributed by atoms with van der Waals surface area (Å²) in [6, 6.07) is 0. The highest BCUT2D eigenvalue weighted by atomic mass is 16.6. The van der Waals surface area contributed by atoms with Crippen molar-refractivity contribution in [3.8, 4) is 0 Å². The van der Waals surface area contributed by atoms with Gasteiger partial charge >= 0.3 is 0 Å². The molecule has 35 nitrogen and oxygen atoms in total. The number of ether oxygens (including phenoxy) is 23. The molecule has 0 aliphatic rings. The zero-order valence-corrected chi connectivity index (χ0v) is 58.5. The van der Waals surface area contributed by atoms with Gasteiger partial charge in [0.2, 0.25) is 11.8 Å². The average Bonchev–Trinajstić information content (AvgIpc) is 0.938. The smallest absolute Gasteiger partial charge is 0.273 e. The van der Waals surface area contributed by atoms with Gasteiger partial charge in [-0.15, -0.1) is 0 Å². The fourth-order valence-electron chi connectivity index (χ4n) is 7.36. The summed E-state index contributed by atoms with van der Waals surface area (Å²) in [5.74, 6) is -2.61. The number of nitrogens with two attached hydrogens (primary N) is 2. The molecule has 0 saturated heterocycles. The summed E-state index contributed by atoms with van der Waals surface area (Å²) in [5, 5.41) is 10.5. The molecular weight excluding hydrogens is 1300 g/mol. The Kier molecular flexibility index (Phi) is 70.4. The molecule has 0 radical (unpaired) electrons. The molecule has 35 heteroatoms. The molecule has 0 fully saturated rings. The van der Waals surface area contributed by atoms with Crippen LogP contribution in [0.2, 0.25) is 0 Å². The van der Waals surface area contributed by atoms with Crippen molar-refractivity contribution in [2.75, 3.05) is 343 Å². The lowest BCUT2D eigenvalue weighted by Crippen LogP contribution is -2.37. The molecule has 4 amide bonds. The average molecular weight is 1420 g/mol. The molecule has 0 unspecified atom stereocenters. The van der Waals surface area contributed by atoms with Gasteiger partial charge in [-0.25, -0.2) is 9.97 Å². The number of hydrogen-bond donors (Lipinski definition) is 6. The van der Waals surface area contributed by atoms with E-state index in [1.165, 1.54) is 0 Å². The van der Waals surface area contributed by atoms with Crippen LogP contribution in [0.5, 0.6) is 0 Å². The van der Waals surface area contributed by atoms with Gasteiger partial charge in [-0.05, 0) is 19.3 Å². The van der Waals surface area contributed by atoms with Crippen molar-refractivity contribution in [3.05, 3.63) is 11.4 Å². The predicted octanol–water partition coefficient (Wildman–Crippen LogP) is -1.08. The molecule has 0 bridgehead atoms. The lowest BCUT2D eigenvalue weighted by atomic mass is 10.2. The monoisotopic (exact) mass is 1420 g/mol. The SMILES string of the molecule is COCCOCCOCCOCCOCCOCCOCCCCCOCCOCCOCCOCCC(=O)NCCNC(=O)c1nc(N)c(C(=O)NCCNC(=O)CCOCCOCCOCCOCCOCCOCCOCCOCCOCCOCCOCCOC)nc1N. The molecule has 0 aromatic carbocycles. The Morgan fingerprint density at radius 3 is 0.622 bits per heavy atom. The van der Waals surface area contributed by atoms with E-state index in [-0.39, 0.29) is 87.1 Å². The first-order chi connectivity index (χ1) is 48.3. The second-order valence-electron chi connectivity index (χ2n) is 20.3. The topological polar surface area (TPSA) is 407 Å². The van der Waals surface area contributed by atoms with Gasteiger partial charge in [-0.3, -0.25) is 19.2 Å². The number of nitrogens with zero attached hydrogens (tertiary/aromatic N) is 2. The molecule has 0 spiro atoms. The van der Waals surface area contributed by atoms with E-state index >= 15 is 0 Å². The van der Waals surface area contributed by atoms with Crippen molar-refractivity contribution in [2.45, 2.75) is 32.1 Å². The van der Waals surface area contributed by atoms with Gasteiger partial charge in [0.05, 0.1) is 277 Å². The van der Waals surface area contributed by atoms with Gasteiger partial charge in [0.1, 0.15) is 0 Å².